The molecule has 0 saturated carbocycles. The molecule has 0 amide bonds. The van der Waals surface area contributed by atoms with Crippen LogP contribution in [0, 0.1) is 12.7 Å². The molecule has 0 aliphatic carbocycles. The van der Waals surface area contributed by atoms with Gasteiger partial charge in [-0.15, -0.1) is 11.6 Å². The van der Waals surface area contributed by atoms with Gasteiger partial charge >= 0.3 is 0 Å². The molecule has 0 spiro atoms. The highest BCUT2D eigenvalue weighted by Crippen LogP contribution is 2.23. The van der Waals surface area contributed by atoms with E-state index in [0.29, 0.717) is 17.9 Å². The third kappa shape index (κ3) is 3.74. The number of anilines is 1. The van der Waals surface area contributed by atoms with Gasteiger partial charge in [0, 0.05) is 5.88 Å². The summed E-state index contributed by atoms with van der Waals surface area (Å²) >= 11 is 5.64. The summed E-state index contributed by atoms with van der Waals surface area (Å²) in [6.07, 6.45) is 0.668. The number of rotatable bonds is 5. The number of para-hydroxylation sites is 1. The molecule has 21 heavy (non-hydrogen) atoms. The van der Waals surface area contributed by atoms with Crippen LogP contribution in [0.2, 0.25) is 0 Å². The Balaban J connectivity index is 2.30. The quantitative estimate of drug-likeness (QED) is 0.851. The predicted octanol–water partition coefficient (Wildman–Crippen LogP) is 3.72. The maximum absolute atomic E-state index is 13.7. The van der Waals surface area contributed by atoms with Crippen LogP contribution in [0.4, 0.5) is 10.1 Å². The molecule has 0 fully saturated rings. The average Bonchev–Trinajstić information content (AvgIpc) is 2.44. The molecule has 0 atom stereocenters. The van der Waals surface area contributed by atoms with Gasteiger partial charge in [0.25, 0.3) is 10.0 Å². The molecule has 0 aliphatic rings. The fourth-order valence-electron chi connectivity index (χ4n) is 1.90. The topological polar surface area (TPSA) is 46.2 Å². The van der Waals surface area contributed by atoms with Crippen molar-refractivity contribution in [3.05, 3.63) is 59.4 Å². The van der Waals surface area contributed by atoms with Crippen molar-refractivity contribution in [1.82, 2.24) is 0 Å². The molecule has 0 unspecified atom stereocenters. The Hall–Kier alpha value is -1.59. The Morgan fingerprint density at radius 2 is 1.81 bits per heavy atom. The van der Waals surface area contributed by atoms with Gasteiger partial charge in [0.1, 0.15) is 5.82 Å². The Morgan fingerprint density at radius 1 is 1.14 bits per heavy atom. The molecule has 0 radical (unpaired) electrons. The van der Waals surface area contributed by atoms with Crippen LogP contribution in [0.15, 0.2) is 47.4 Å². The minimum atomic E-state index is -3.81. The summed E-state index contributed by atoms with van der Waals surface area (Å²) < 4.78 is 40.6. The van der Waals surface area contributed by atoms with Crippen LogP contribution in [0.3, 0.4) is 0 Å². The van der Waals surface area contributed by atoms with E-state index < -0.39 is 15.8 Å². The van der Waals surface area contributed by atoms with Crippen LogP contribution < -0.4 is 4.72 Å². The Labute approximate surface area is 128 Å². The summed E-state index contributed by atoms with van der Waals surface area (Å²) in [5.74, 6) is -0.129. The SMILES string of the molecule is Cc1cccc(F)c1NS(=O)(=O)c1ccc(CCCl)cc1. The van der Waals surface area contributed by atoms with Crippen LogP contribution >= 0.6 is 11.6 Å². The first-order valence-corrected chi connectivity index (χ1v) is 8.38. The van der Waals surface area contributed by atoms with E-state index in [9.17, 15) is 12.8 Å². The van der Waals surface area contributed by atoms with E-state index in [1.165, 1.54) is 24.3 Å². The van der Waals surface area contributed by atoms with Crippen molar-refractivity contribution in [3.63, 3.8) is 0 Å². The van der Waals surface area contributed by atoms with Gasteiger partial charge in [-0.25, -0.2) is 12.8 Å². The van der Waals surface area contributed by atoms with Gasteiger partial charge < -0.3 is 0 Å². The zero-order valence-electron chi connectivity index (χ0n) is 11.4. The van der Waals surface area contributed by atoms with Crippen LogP contribution in [0.25, 0.3) is 0 Å². The highest BCUT2D eigenvalue weighted by Gasteiger charge is 2.17. The number of aryl methyl sites for hydroxylation is 2. The van der Waals surface area contributed by atoms with Gasteiger partial charge in [-0.3, -0.25) is 4.72 Å². The molecule has 0 aliphatic heterocycles. The zero-order chi connectivity index (χ0) is 15.5. The van der Waals surface area contributed by atoms with E-state index in [2.05, 4.69) is 4.72 Å². The molecule has 0 saturated heterocycles. The molecule has 6 heteroatoms. The van der Waals surface area contributed by atoms with Gasteiger partial charge in [0.05, 0.1) is 10.6 Å². The van der Waals surface area contributed by atoms with Gasteiger partial charge in [-0.1, -0.05) is 24.3 Å². The van der Waals surface area contributed by atoms with Crippen molar-refractivity contribution >= 4 is 27.3 Å². The summed E-state index contributed by atoms with van der Waals surface area (Å²) in [5.41, 5.74) is 1.45. The molecule has 112 valence electrons. The lowest BCUT2D eigenvalue weighted by Crippen LogP contribution is -2.15. The van der Waals surface area contributed by atoms with Gasteiger partial charge in [-0.05, 0) is 42.7 Å². The first kappa shape index (κ1) is 15.8. The second kappa shape index (κ2) is 6.45. The Morgan fingerprint density at radius 3 is 2.38 bits per heavy atom. The number of benzene rings is 2. The number of nitrogens with one attached hydrogen (secondary N) is 1. The summed E-state index contributed by atoms with van der Waals surface area (Å²) in [6.45, 7) is 1.64. The molecule has 2 aromatic carbocycles. The van der Waals surface area contributed by atoms with E-state index in [1.807, 2.05) is 0 Å². The second-order valence-corrected chi connectivity index (χ2v) is 6.68. The third-order valence-electron chi connectivity index (χ3n) is 3.08. The highest BCUT2D eigenvalue weighted by atomic mass is 35.5. The molecule has 3 nitrogen and oxygen atoms in total. The fraction of sp³-hybridized carbons (Fsp3) is 0.200. The highest BCUT2D eigenvalue weighted by molar-refractivity contribution is 7.92. The molecule has 0 aromatic heterocycles. The monoisotopic (exact) mass is 327 g/mol. The van der Waals surface area contributed by atoms with Crippen molar-refractivity contribution in [3.8, 4) is 0 Å². The molecule has 1 N–H and O–H groups in total. The summed E-state index contributed by atoms with van der Waals surface area (Å²) in [6, 6.07) is 10.8. The molecule has 0 bridgehead atoms. The van der Waals surface area contributed by atoms with Crippen LogP contribution in [0.5, 0.6) is 0 Å². The predicted molar refractivity (Wildman–Crippen MR) is 82.8 cm³/mol. The summed E-state index contributed by atoms with van der Waals surface area (Å²) in [7, 11) is -3.81. The van der Waals surface area contributed by atoms with Gasteiger partial charge in [0.2, 0.25) is 0 Å². The number of hydrogen-bond donors (Lipinski definition) is 1. The Kier molecular flexibility index (Phi) is 4.85. The van der Waals surface area contributed by atoms with E-state index in [0.717, 1.165) is 5.56 Å². The first-order chi connectivity index (χ1) is 9.94. The van der Waals surface area contributed by atoms with Crippen LogP contribution in [-0.4, -0.2) is 14.3 Å². The number of sulfonamides is 1. The summed E-state index contributed by atoms with van der Waals surface area (Å²) in [5, 5.41) is 0. The van der Waals surface area contributed by atoms with E-state index >= 15 is 0 Å². The maximum Gasteiger partial charge on any atom is 0.261 e. The average molecular weight is 328 g/mol. The minimum Gasteiger partial charge on any atom is -0.276 e. The molecule has 0 heterocycles. The standard InChI is InChI=1S/C15H15ClFNO2S/c1-11-3-2-4-14(17)15(11)18-21(19,20)13-7-5-12(6-8-13)9-10-16/h2-8,18H,9-10H2,1H3. The maximum atomic E-state index is 13.7. The number of alkyl halides is 1. The van der Waals surface area contributed by atoms with Crippen molar-refractivity contribution in [1.29, 1.82) is 0 Å². The largest absolute Gasteiger partial charge is 0.276 e. The number of halogens is 2. The Bertz CT molecular complexity index is 710. The van der Waals surface area contributed by atoms with E-state index in [4.69, 9.17) is 11.6 Å². The van der Waals surface area contributed by atoms with Crippen molar-refractivity contribution in [2.45, 2.75) is 18.2 Å². The fourth-order valence-corrected chi connectivity index (χ4v) is 3.26. The van der Waals surface area contributed by atoms with Crippen molar-refractivity contribution < 1.29 is 12.8 Å². The molecule has 2 rings (SSSR count). The molecule has 2 aromatic rings. The van der Waals surface area contributed by atoms with Crippen LogP contribution in [-0.2, 0) is 16.4 Å². The zero-order valence-corrected chi connectivity index (χ0v) is 13.0. The molecular weight excluding hydrogens is 313 g/mol. The van der Waals surface area contributed by atoms with Crippen LogP contribution in [0.1, 0.15) is 11.1 Å². The second-order valence-electron chi connectivity index (χ2n) is 4.62. The smallest absolute Gasteiger partial charge is 0.261 e. The lowest BCUT2D eigenvalue weighted by Gasteiger charge is -2.11. The third-order valence-corrected chi connectivity index (χ3v) is 4.63. The molecular formula is C15H15ClFNO2S. The summed E-state index contributed by atoms with van der Waals surface area (Å²) in [4.78, 5) is 0.0866. The lowest BCUT2D eigenvalue weighted by atomic mass is 10.2. The number of hydrogen-bond acceptors (Lipinski definition) is 2. The van der Waals surface area contributed by atoms with Crippen molar-refractivity contribution in [2.24, 2.45) is 0 Å². The minimum absolute atomic E-state index is 0.0256. The van der Waals surface area contributed by atoms with E-state index in [-0.39, 0.29) is 10.6 Å². The van der Waals surface area contributed by atoms with Gasteiger partial charge in [0.15, 0.2) is 0 Å². The normalized spacial score (nSPS) is 11.4. The van der Waals surface area contributed by atoms with Crippen molar-refractivity contribution in [2.75, 3.05) is 10.6 Å². The lowest BCUT2D eigenvalue weighted by molar-refractivity contribution is 0.598. The first-order valence-electron chi connectivity index (χ1n) is 6.37. The van der Waals surface area contributed by atoms with Gasteiger partial charge in [-0.2, -0.15) is 0 Å². The van der Waals surface area contributed by atoms with E-state index in [1.54, 1.807) is 25.1 Å².